The van der Waals surface area contributed by atoms with Crippen molar-refractivity contribution >= 4 is 23.2 Å². The zero-order chi connectivity index (χ0) is 32.6. The molecule has 2 aromatic carbocycles. The molecular formula is C36H43N5O4S. The van der Waals surface area contributed by atoms with Gasteiger partial charge in [-0.25, -0.2) is 4.98 Å². The van der Waals surface area contributed by atoms with Crippen LogP contribution in [-0.4, -0.2) is 64.1 Å². The SMILES string of the molecule is COc1cc(C(=O)N[C@@H](Cc2ccccc2)[C@H](O)CNCc2cncc(C(C)C)c2)cc(C(=O)N2CCCC2c2nc(C)cs2)c1. The Morgan fingerprint density at radius 1 is 1.09 bits per heavy atom. The van der Waals surface area contributed by atoms with Gasteiger partial charge in [-0.15, -0.1) is 11.3 Å². The molecule has 3 N–H and O–H groups in total. The van der Waals surface area contributed by atoms with E-state index in [1.165, 1.54) is 7.11 Å². The second-order valence-electron chi connectivity index (χ2n) is 12.2. The molecule has 242 valence electrons. The van der Waals surface area contributed by atoms with Gasteiger partial charge in [0, 0.05) is 54.2 Å². The Balaban J connectivity index is 1.32. The molecule has 5 rings (SSSR count). The Kier molecular flexibility index (Phi) is 11.2. The van der Waals surface area contributed by atoms with Gasteiger partial charge < -0.3 is 25.4 Å². The number of aliphatic hydroxyl groups is 1. The van der Waals surface area contributed by atoms with Crippen molar-refractivity contribution in [2.24, 2.45) is 0 Å². The number of carbonyl (C=O) groups excluding carboxylic acids is 2. The average molecular weight is 642 g/mol. The highest BCUT2D eigenvalue weighted by atomic mass is 32.1. The minimum Gasteiger partial charge on any atom is -0.497 e. The fourth-order valence-electron chi connectivity index (χ4n) is 5.76. The molecule has 0 radical (unpaired) electrons. The molecule has 9 nitrogen and oxygen atoms in total. The number of amides is 2. The van der Waals surface area contributed by atoms with E-state index in [0.29, 0.717) is 42.3 Å². The van der Waals surface area contributed by atoms with Crippen molar-refractivity contribution in [3.05, 3.63) is 111 Å². The van der Waals surface area contributed by atoms with Crippen LogP contribution >= 0.6 is 11.3 Å². The Labute approximate surface area is 275 Å². The van der Waals surface area contributed by atoms with E-state index >= 15 is 0 Å². The summed E-state index contributed by atoms with van der Waals surface area (Å²) in [6, 6.07) is 16.1. The number of aryl methyl sites for hydroxylation is 1. The van der Waals surface area contributed by atoms with Crippen molar-refractivity contribution in [3.8, 4) is 5.75 Å². The lowest BCUT2D eigenvalue weighted by molar-refractivity contribution is 0.0735. The van der Waals surface area contributed by atoms with Crippen molar-refractivity contribution in [2.75, 3.05) is 20.2 Å². The van der Waals surface area contributed by atoms with Crippen LogP contribution in [0.2, 0.25) is 0 Å². The second kappa shape index (κ2) is 15.4. The lowest BCUT2D eigenvalue weighted by Crippen LogP contribution is -2.48. The zero-order valence-electron chi connectivity index (χ0n) is 26.9. The highest BCUT2D eigenvalue weighted by molar-refractivity contribution is 7.09. The van der Waals surface area contributed by atoms with Gasteiger partial charge in [-0.1, -0.05) is 50.2 Å². The quantitative estimate of drug-likeness (QED) is 0.178. The normalized spacial score (nSPS) is 16.0. The first kappa shape index (κ1) is 33.2. The van der Waals surface area contributed by atoms with Crippen LogP contribution in [0.5, 0.6) is 5.75 Å². The summed E-state index contributed by atoms with van der Waals surface area (Å²) in [5, 5.41) is 20.6. The van der Waals surface area contributed by atoms with Gasteiger partial charge in [0.2, 0.25) is 0 Å². The van der Waals surface area contributed by atoms with E-state index < -0.39 is 18.1 Å². The molecule has 0 bridgehead atoms. The first-order valence-electron chi connectivity index (χ1n) is 15.8. The standard InChI is InChI=1S/C36H43N5O4S/c1-23(2)29-13-26(18-37-20-29)19-38-21-33(42)31(14-25-9-6-5-7-10-25)40-34(43)27-15-28(17-30(16-27)45-4)36(44)41-12-8-11-32(41)35-39-24(3)22-46-35/h5-7,9-10,13,15-18,20,22-23,31-33,38,42H,8,11-12,14,19,21H2,1-4H3,(H,40,43)/t31-,32?,33+/m0/s1. The topological polar surface area (TPSA) is 117 Å². The average Bonchev–Trinajstić information content (AvgIpc) is 3.73. The third kappa shape index (κ3) is 8.37. The van der Waals surface area contributed by atoms with Crippen molar-refractivity contribution < 1.29 is 19.4 Å². The van der Waals surface area contributed by atoms with Crippen LogP contribution in [0.4, 0.5) is 0 Å². The Morgan fingerprint density at radius 2 is 1.87 bits per heavy atom. The molecule has 3 heterocycles. The summed E-state index contributed by atoms with van der Waals surface area (Å²) in [4.78, 5) is 38.4. The number of methoxy groups -OCH3 is 1. The minimum absolute atomic E-state index is 0.0868. The highest BCUT2D eigenvalue weighted by Crippen LogP contribution is 2.35. The maximum absolute atomic E-state index is 13.8. The number of hydrogen-bond acceptors (Lipinski definition) is 8. The summed E-state index contributed by atoms with van der Waals surface area (Å²) in [7, 11) is 1.52. The number of pyridine rings is 1. The van der Waals surface area contributed by atoms with E-state index in [-0.39, 0.29) is 18.5 Å². The summed E-state index contributed by atoms with van der Waals surface area (Å²) < 4.78 is 5.51. The van der Waals surface area contributed by atoms with Crippen molar-refractivity contribution in [1.29, 1.82) is 0 Å². The first-order valence-corrected chi connectivity index (χ1v) is 16.7. The number of nitrogens with zero attached hydrogens (tertiary/aromatic N) is 3. The largest absolute Gasteiger partial charge is 0.497 e. The van der Waals surface area contributed by atoms with E-state index in [0.717, 1.165) is 40.2 Å². The molecule has 0 aliphatic carbocycles. The van der Waals surface area contributed by atoms with E-state index in [1.54, 1.807) is 29.5 Å². The Hall–Kier alpha value is -4.12. The van der Waals surface area contributed by atoms with Gasteiger partial charge in [-0.2, -0.15) is 0 Å². The summed E-state index contributed by atoms with van der Waals surface area (Å²) in [5.41, 5.74) is 4.78. The van der Waals surface area contributed by atoms with Crippen molar-refractivity contribution in [3.63, 3.8) is 0 Å². The first-order chi connectivity index (χ1) is 22.2. The minimum atomic E-state index is -0.885. The number of nitrogens with one attached hydrogen (secondary N) is 2. The lowest BCUT2D eigenvalue weighted by atomic mass is 10.00. The summed E-state index contributed by atoms with van der Waals surface area (Å²) in [6.07, 6.45) is 4.97. The predicted octanol–water partition coefficient (Wildman–Crippen LogP) is 5.45. The van der Waals surface area contributed by atoms with E-state index in [9.17, 15) is 14.7 Å². The smallest absolute Gasteiger partial charge is 0.254 e. The van der Waals surface area contributed by atoms with E-state index in [4.69, 9.17) is 4.74 Å². The van der Waals surface area contributed by atoms with Crippen LogP contribution in [0.3, 0.4) is 0 Å². The van der Waals surface area contributed by atoms with Crippen LogP contribution in [0, 0.1) is 6.92 Å². The molecule has 46 heavy (non-hydrogen) atoms. The fourth-order valence-corrected chi connectivity index (χ4v) is 6.70. The molecule has 1 aliphatic heterocycles. The van der Waals surface area contributed by atoms with Gasteiger partial charge in [-0.05, 0) is 67.0 Å². The fraction of sp³-hybridized carbons (Fsp3) is 0.389. The molecule has 1 unspecified atom stereocenters. The summed E-state index contributed by atoms with van der Waals surface area (Å²) in [6.45, 7) is 7.63. The molecular weight excluding hydrogens is 598 g/mol. The summed E-state index contributed by atoms with van der Waals surface area (Å²) >= 11 is 1.57. The maximum Gasteiger partial charge on any atom is 0.254 e. The second-order valence-corrected chi connectivity index (χ2v) is 13.1. The van der Waals surface area contributed by atoms with Crippen molar-refractivity contribution in [2.45, 2.75) is 70.7 Å². The molecule has 3 atom stereocenters. The number of hydrogen-bond donors (Lipinski definition) is 3. The lowest BCUT2D eigenvalue weighted by Gasteiger charge is -2.26. The van der Waals surface area contributed by atoms with E-state index in [1.807, 2.05) is 59.9 Å². The zero-order valence-corrected chi connectivity index (χ0v) is 27.7. The van der Waals surface area contributed by atoms with Crippen LogP contribution < -0.4 is 15.4 Å². The van der Waals surface area contributed by atoms with Crippen molar-refractivity contribution in [1.82, 2.24) is 25.5 Å². The molecule has 0 saturated carbocycles. The summed E-state index contributed by atoms with van der Waals surface area (Å²) in [5.74, 6) is 0.227. The molecule has 0 spiro atoms. The number of benzene rings is 2. The highest BCUT2D eigenvalue weighted by Gasteiger charge is 2.33. The number of thiazole rings is 1. The molecule has 2 aromatic heterocycles. The number of rotatable bonds is 13. The van der Waals surface area contributed by atoms with Gasteiger partial charge in [0.15, 0.2) is 0 Å². The molecule has 1 saturated heterocycles. The Morgan fingerprint density at radius 3 is 2.59 bits per heavy atom. The van der Waals surface area contributed by atoms with Crippen LogP contribution in [0.15, 0.2) is 72.4 Å². The molecule has 1 fully saturated rings. The number of aliphatic hydroxyl groups excluding tert-OH is 1. The van der Waals surface area contributed by atoms with Gasteiger partial charge in [-0.3, -0.25) is 14.6 Å². The van der Waals surface area contributed by atoms with Gasteiger partial charge in [0.05, 0.1) is 25.3 Å². The Bertz CT molecular complexity index is 1630. The van der Waals surface area contributed by atoms with Gasteiger partial charge in [0.25, 0.3) is 11.8 Å². The van der Waals surface area contributed by atoms with Crippen LogP contribution in [0.25, 0.3) is 0 Å². The van der Waals surface area contributed by atoms with E-state index in [2.05, 4.69) is 40.5 Å². The van der Waals surface area contributed by atoms with Gasteiger partial charge >= 0.3 is 0 Å². The molecule has 4 aromatic rings. The maximum atomic E-state index is 13.8. The number of likely N-dealkylation sites (tertiary alicyclic amines) is 1. The molecule has 2 amide bonds. The third-order valence-electron chi connectivity index (χ3n) is 8.33. The number of ether oxygens (including phenoxy) is 1. The number of carbonyl (C=O) groups is 2. The number of aromatic nitrogens is 2. The van der Waals surface area contributed by atoms with Gasteiger partial charge in [0.1, 0.15) is 10.8 Å². The van der Waals surface area contributed by atoms with Crippen LogP contribution in [-0.2, 0) is 13.0 Å². The molecule has 1 aliphatic rings. The molecule has 10 heteroatoms. The third-order valence-corrected chi connectivity index (χ3v) is 9.40. The predicted molar refractivity (Wildman–Crippen MR) is 180 cm³/mol. The monoisotopic (exact) mass is 641 g/mol. The van der Waals surface area contributed by atoms with Crippen LogP contribution in [0.1, 0.15) is 86.8 Å².